The molecule has 0 unspecified atom stereocenters. The summed E-state index contributed by atoms with van der Waals surface area (Å²) in [5.74, 6) is -6.74. The van der Waals surface area contributed by atoms with E-state index in [0.717, 1.165) is 22.5 Å². The predicted octanol–water partition coefficient (Wildman–Crippen LogP) is 2.22. The third kappa shape index (κ3) is 3.86. The maximum absolute atomic E-state index is 14.1. The lowest BCUT2D eigenvalue weighted by Gasteiger charge is -2.17. The van der Waals surface area contributed by atoms with Crippen LogP contribution in [0.2, 0.25) is 0 Å². The van der Waals surface area contributed by atoms with Gasteiger partial charge in [-0.2, -0.15) is 4.31 Å². The summed E-state index contributed by atoms with van der Waals surface area (Å²) in [6.45, 7) is 0.139. The molecule has 1 amide bonds. The molecule has 150 valence electrons. The van der Waals surface area contributed by atoms with Crippen LogP contribution in [0.3, 0.4) is 0 Å². The van der Waals surface area contributed by atoms with Gasteiger partial charge in [0.2, 0.25) is 10.0 Å². The summed E-state index contributed by atoms with van der Waals surface area (Å²) in [4.78, 5) is 11.6. The van der Waals surface area contributed by atoms with Crippen molar-refractivity contribution in [2.24, 2.45) is 5.73 Å². The highest BCUT2D eigenvalue weighted by Gasteiger charge is 2.33. The second-order valence-corrected chi connectivity index (χ2v) is 8.17. The van der Waals surface area contributed by atoms with Gasteiger partial charge in [-0.1, -0.05) is 0 Å². The Morgan fingerprint density at radius 1 is 1.07 bits per heavy atom. The van der Waals surface area contributed by atoms with Gasteiger partial charge in [0.25, 0.3) is 5.91 Å². The number of anilines is 1. The van der Waals surface area contributed by atoms with E-state index in [1.807, 2.05) is 0 Å². The molecule has 1 atom stereocenters. The molecule has 1 aliphatic rings. The zero-order valence-electron chi connectivity index (χ0n) is 14.3. The first-order chi connectivity index (χ1) is 13.1. The zero-order chi connectivity index (χ0) is 20.6. The quantitative estimate of drug-likeness (QED) is 0.590. The Bertz CT molecular complexity index is 1020. The number of hydrogen-bond acceptors (Lipinski definition) is 4. The van der Waals surface area contributed by atoms with E-state index in [0.29, 0.717) is 18.6 Å². The van der Waals surface area contributed by atoms with E-state index in [9.17, 15) is 30.8 Å². The maximum Gasteiger partial charge on any atom is 0.255 e. The molecule has 0 radical (unpaired) electrons. The van der Waals surface area contributed by atoms with E-state index in [4.69, 9.17) is 5.73 Å². The van der Waals surface area contributed by atoms with Gasteiger partial charge in [-0.25, -0.2) is 26.0 Å². The Hall–Kier alpha value is -2.50. The van der Waals surface area contributed by atoms with Gasteiger partial charge >= 0.3 is 0 Å². The molecular formula is C17H15F4N3O3S. The van der Waals surface area contributed by atoms with Crippen LogP contribution in [0.5, 0.6) is 0 Å². The van der Waals surface area contributed by atoms with Crippen LogP contribution in [0.4, 0.5) is 23.2 Å². The lowest BCUT2D eigenvalue weighted by Crippen LogP contribution is -2.32. The number of benzene rings is 2. The van der Waals surface area contributed by atoms with Crippen LogP contribution < -0.4 is 11.1 Å². The van der Waals surface area contributed by atoms with Crippen LogP contribution in [0.1, 0.15) is 16.8 Å². The summed E-state index contributed by atoms with van der Waals surface area (Å²) in [7, 11) is -4.22. The molecule has 2 aromatic carbocycles. The first-order valence-corrected chi connectivity index (χ1v) is 9.55. The Kier molecular flexibility index (Phi) is 5.41. The van der Waals surface area contributed by atoms with Crippen molar-refractivity contribution in [1.29, 1.82) is 0 Å². The van der Waals surface area contributed by atoms with Crippen molar-refractivity contribution in [3.05, 3.63) is 59.2 Å². The Morgan fingerprint density at radius 3 is 2.29 bits per heavy atom. The lowest BCUT2D eigenvalue weighted by atomic mass is 10.2. The summed E-state index contributed by atoms with van der Waals surface area (Å²) >= 11 is 0. The van der Waals surface area contributed by atoms with E-state index in [-0.39, 0.29) is 30.4 Å². The van der Waals surface area contributed by atoms with Crippen LogP contribution in [0, 0.1) is 23.3 Å². The molecule has 3 N–H and O–H groups in total. The van der Waals surface area contributed by atoms with E-state index < -0.39 is 44.1 Å². The van der Waals surface area contributed by atoms with Gasteiger partial charge in [0, 0.05) is 42.5 Å². The Balaban J connectivity index is 1.90. The SMILES string of the molecule is N[C@H]1CCN(S(=O)(=O)c2cc(C(=O)Nc3cc(F)c(F)c(F)c3)ccc2F)C1. The molecule has 1 aliphatic heterocycles. The van der Waals surface area contributed by atoms with Gasteiger partial charge in [0.15, 0.2) is 17.5 Å². The second kappa shape index (κ2) is 7.49. The van der Waals surface area contributed by atoms with Crippen LogP contribution in [0.15, 0.2) is 35.2 Å². The van der Waals surface area contributed by atoms with Gasteiger partial charge in [-0.05, 0) is 24.6 Å². The molecule has 0 aliphatic carbocycles. The predicted molar refractivity (Wildman–Crippen MR) is 92.0 cm³/mol. The summed E-state index contributed by atoms with van der Waals surface area (Å²) in [6, 6.07) is 3.37. The summed E-state index contributed by atoms with van der Waals surface area (Å²) in [5.41, 5.74) is 5.03. The van der Waals surface area contributed by atoms with Gasteiger partial charge < -0.3 is 11.1 Å². The molecule has 28 heavy (non-hydrogen) atoms. The van der Waals surface area contributed by atoms with E-state index in [1.165, 1.54) is 0 Å². The highest BCUT2D eigenvalue weighted by atomic mass is 32.2. The molecule has 0 bridgehead atoms. The van der Waals surface area contributed by atoms with Crippen molar-refractivity contribution in [1.82, 2.24) is 4.31 Å². The molecule has 1 saturated heterocycles. The molecule has 0 spiro atoms. The van der Waals surface area contributed by atoms with Crippen LogP contribution in [0.25, 0.3) is 0 Å². The normalized spacial score (nSPS) is 17.7. The number of sulfonamides is 1. The zero-order valence-corrected chi connectivity index (χ0v) is 15.1. The monoisotopic (exact) mass is 417 g/mol. The fourth-order valence-corrected chi connectivity index (χ4v) is 4.39. The average molecular weight is 417 g/mol. The van der Waals surface area contributed by atoms with Crippen molar-refractivity contribution in [3.63, 3.8) is 0 Å². The summed E-state index contributed by atoms with van der Waals surface area (Å²) in [6.07, 6.45) is 0.419. The fourth-order valence-electron chi connectivity index (χ4n) is 2.78. The number of nitrogens with two attached hydrogens (primary N) is 1. The summed E-state index contributed by atoms with van der Waals surface area (Å²) in [5, 5.41) is 2.11. The van der Waals surface area contributed by atoms with Crippen LogP contribution in [-0.2, 0) is 10.0 Å². The second-order valence-electron chi connectivity index (χ2n) is 6.27. The molecule has 1 fully saturated rings. The Morgan fingerprint density at radius 2 is 1.71 bits per heavy atom. The lowest BCUT2D eigenvalue weighted by molar-refractivity contribution is 0.102. The molecule has 1 heterocycles. The number of carbonyl (C=O) groups excluding carboxylic acids is 1. The highest BCUT2D eigenvalue weighted by Crippen LogP contribution is 2.25. The summed E-state index contributed by atoms with van der Waals surface area (Å²) < 4.78 is 79.9. The topological polar surface area (TPSA) is 92.5 Å². The molecule has 6 nitrogen and oxygen atoms in total. The van der Waals surface area contributed by atoms with Crippen molar-refractivity contribution in [2.75, 3.05) is 18.4 Å². The maximum atomic E-state index is 14.1. The molecule has 3 rings (SSSR count). The number of hydrogen-bond donors (Lipinski definition) is 2. The molecule has 11 heteroatoms. The minimum atomic E-state index is -4.22. The van der Waals surface area contributed by atoms with Gasteiger partial charge in [0.05, 0.1) is 0 Å². The van der Waals surface area contributed by atoms with Gasteiger partial charge in [0.1, 0.15) is 10.7 Å². The molecule has 0 aromatic heterocycles. The number of rotatable bonds is 4. The van der Waals surface area contributed by atoms with Crippen molar-refractivity contribution in [2.45, 2.75) is 17.4 Å². The number of halogens is 4. The van der Waals surface area contributed by atoms with Gasteiger partial charge in [-0.15, -0.1) is 0 Å². The average Bonchev–Trinajstić information content (AvgIpc) is 3.07. The standard InChI is InChI=1S/C17H15F4N3O3S/c18-12-2-1-9(5-15(12)28(26,27)24-4-3-10(22)8-24)17(25)23-11-6-13(19)16(21)14(20)7-11/h1-2,5-7,10H,3-4,8,22H2,(H,23,25)/t10-/m0/s1. The minimum absolute atomic E-state index is 0.0202. The number of amides is 1. The first-order valence-electron chi connectivity index (χ1n) is 8.11. The smallest absolute Gasteiger partial charge is 0.255 e. The van der Waals surface area contributed by atoms with E-state index >= 15 is 0 Å². The fraction of sp³-hybridized carbons (Fsp3) is 0.235. The van der Waals surface area contributed by atoms with E-state index in [2.05, 4.69) is 5.32 Å². The first kappa shape index (κ1) is 20.2. The number of carbonyl (C=O) groups is 1. The largest absolute Gasteiger partial charge is 0.326 e. The number of nitrogens with one attached hydrogen (secondary N) is 1. The third-order valence-electron chi connectivity index (χ3n) is 4.24. The van der Waals surface area contributed by atoms with Crippen molar-refractivity contribution < 1.29 is 30.8 Å². The number of nitrogens with zero attached hydrogens (tertiary/aromatic N) is 1. The Labute approximate surface area is 158 Å². The molecular weight excluding hydrogens is 402 g/mol. The van der Waals surface area contributed by atoms with Crippen molar-refractivity contribution >= 4 is 21.6 Å². The van der Waals surface area contributed by atoms with Crippen molar-refractivity contribution in [3.8, 4) is 0 Å². The van der Waals surface area contributed by atoms with Crippen LogP contribution in [-0.4, -0.2) is 37.8 Å². The minimum Gasteiger partial charge on any atom is -0.326 e. The molecule has 2 aromatic rings. The third-order valence-corrected chi connectivity index (χ3v) is 6.12. The van der Waals surface area contributed by atoms with Gasteiger partial charge in [-0.3, -0.25) is 4.79 Å². The van der Waals surface area contributed by atoms with Crippen LogP contribution >= 0.6 is 0 Å². The van der Waals surface area contributed by atoms with E-state index in [1.54, 1.807) is 0 Å². The molecule has 0 saturated carbocycles. The highest BCUT2D eigenvalue weighted by molar-refractivity contribution is 7.89.